The van der Waals surface area contributed by atoms with E-state index in [0.717, 1.165) is 5.56 Å². The lowest BCUT2D eigenvalue weighted by Crippen LogP contribution is -2.33. The SMILES string of the molecule is CC1(C)NC(=O)c2ccc(Nc3cc(N[C@H](CO)c4ccccc4)c(-c4ncno4)cn3)nc21. The van der Waals surface area contributed by atoms with Crippen molar-refractivity contribution in [3.63, 3.8) is 0 Å². The Morgan fingerprint density at radius 1 is 1.09 bits per heavy atom. The summed E-state index contributed by atoms with van der Waals surface area (Å²) in [5.74, 6) is 1.23. The Kier molecular flexibility index (Phi) is 5.42. The number of carbonyl (C=O) groups excluding carboxylic acids is 1. The molecule has 10 nitrogen and oxygen atoms in total. The second-order valence-electron chi connectivity index (χ2n) is 8.45. The molecule has 1 aliphatic heterocycles. The highest BCUT2D eigenvalue weighted by Crippen LogP contribution is 2.33. The molecule has 4 aromatic rings. The van der Waals surface area contributed by atoms with E-state index >= 15 is 0 Å². The number of nitrogens with one attached hydrogen (secondary N) is 3. The van der Waals surface area contributed by atoms with Gasteiger partial charge in [0, 0.05) is 12.3 Å². The summed E-state index contributed by atoms with van der Waals surface area (Å²) in [6.45, 7) is 3.69. The van der Waals surface area contributed by atoms with Crippen LogP contribution in [0.4, 0.5) is 17.3 Å². The van der Waals surface area contributed by atoms with E-state index in [1.807, 2.05) is 44.2 Å². The molecular formula is C24H23N7O3. The average Bonchev–Trinajstić information content (AvgIpc) is 3.44. The zero-order valence-corrected chi connectivity index (χ0v) is 18.6. The summed E-state index contributed by atoms with van der Waals surface area (Å²) < 4.78 is 5.25. The summed E-state index contributed by atoms with van der Waals surface area (Å²) in [6, 6.07) is 14.5. The van der Waals surface area contributed by atoms with Crippen LogP contribution in [0.3, 0.4) is 0 Å². The van der Waals surface area contributed by atoms with Crippen molar-refractivity contribution in [1.82, 2.24) is 25.4 Å². The van der Waals surface area contributed by atoms with Crippen LogP contribution in [-0.2, 0) is 5.54 Å². The second-order valence-corrected chi connectivity index (χ2v) is 8.45. The number of aliphatic hydroxyl groups excluding tert-OH is 1. The molecule has 1 aromatic carbocycles. The van der Waals surface area contributed by atoms with Gasteiger partial charge in [0.2, 0.25) is 0 Å². The van der Waals surface area contributed by atoms with Crippen molar-refractivity contribution in [2.24, 2.45) is 0 Å². The summed E-state index contributed by atoms with van der Waals surface area (Å²) in [6.07, 6.45) is 2.93. The molecule has 0 aliphatic carbocycles. The molecule has 4 N–H and O–H groups in total. The topological polar surface area (TPSA) is 138 Å². The Bertz CT molecular complexity index is 1320. The van der Waals surface area contributed by atoms with Gasteiger partial charge in [-0.05, 0) is 31.5 Å². The van der Waals surface area contributed by atoms with Crippen LogP contribution in [0.5, 0.6) is 0 Å². The van der Waals surface area contributed by atoms with Crippen molar-refractivity contribution in [2.75, 3.05) is 17.2 Å². The number of nitrogens with zero attached hydrogens (tertiary/aromatic N) is 4. The van der Waals surface area contributed by atoms with Gasteiger partial charge in [-0.25, -0.2) is 9.97 Å². The summed E-state index contributed by atoms with van der Waals surface area (Å²) in [5, 5.41) is 23.2. The highest BCUT2D eigenvalue weighted by molar-refractivity contribution is 5.99. The molecule has 1 atom stereocenters. The van der Waals surface area contributed by atoms with Gasteiger partial charge in [-0.1, -0.05) is 35.5 Å². The third kappa shape index (κ3) is 4.06. The summed E-state index contributed by atoms with van der Waals surface area (Å²) in [4.78, 5) is 25.4. The number of aliphatic hydroxyl groups is 1. The van der Waals surface area contributed by atoms with Crippen LogP contribution in [0.2, 0.25) is 0 Å². The minimum atomic E-state index is -0.559. The molecule has 172 valence electrons. The highest BCUT2D eigenvalue weighted by atomic mass is 16.5. The number of anilines is 3. The first-order valence-electron chi connectivity index (χ1n) is 10.7. The number of carbonyl (C=O) groups is 1. The van der Waals surface area contributed by atoms with Gasteiger partial charge >= 0.3 is 0 Å². The third-order valence-corrected chi connectivity index (χ3v) is 5.62. The summed E-state index contributed by atoms with van der Waals surface area (Å²) >= 11 is 0. The molecule has 3 aromatic heterocycles. The quantitative estimate of drug-likeness (QED) is 0.329. The number of pyridine rings is 2. The van der Waals surface area contributed by atoms with Gasteiger partial charge in [-0.2, -0.15) is 4.98 Å². The van der Waals surface area contributed by atoms with Crippen molar-refractivity contribution >= 4 is 23.2 Å². The number of fused-ring (bicyclic) bond motifs is 1. The fourth-order valence-corrected chi connectivity index (χ4v) is 3.94. The van der Waals surface area contributed by atoms with Crippen molar-refractivity contribution in [1.29, 1.82) is 0 Å². The van der Waals surface area contributed by atoms with E-state index in [1.54, 1.807) is 24.4 Å². The Labute approximate surface area is 195 Å². The van der Waals surface area contributed by atoms with Crippen LogP contribution in [0.1, 0.15) is 41.5 Å². The molecule has 0 spiro atoms. The Balaban J connectivity index is 1.48. The van der Waals surface area contributed by atoms with E-state index in [9.17, 15) is 9.90 Å². The van der Waals surface area contributed by atoms with E-state index < -0.39 is 5.54 Å². The minimum Gasteiger partial charge on any atom is -0.394 e. The van der Waals surface area contributed by atoms with Crippen molar-refractivity contribution in [3.05, 3.63) is 77.9 Å². The van der Waals surface area contributed by atoms with E-state index in [2.05, 4.69) is 36.1 Å². The van der Waals surface area contributed by atoms with Crippen LogP contribution in [0.25, 0.3) is 11.5 Å². The molecule has 1 amide bonds. The number of aromatic nitrogens is 4. The smallest absolute Gasteiger partial charge is 0.261 e. The lowest BCUT2D eigenvalue weighted by molar-refractivity contribution is 0.0940. The number of hydrogen-bond acceptors (Lipinski definition) is 9. The first-order valence-corrected chi connectivity index (χ1v) is 10.7. The molecule has 5 rings (SSSR count). The molecule has 0 unspecified atom stereocenters. The normalized spacial score (nSPS) is 14.9. The number of rotatable bonds is 7. The maximum atomic E-state index is 12.2. The first-order chi connectivity index (χ1) is 16.4. The first kappa shape index (κ1) is 21.5. The van der Waals surface area contributed by atoms with Crippen LogP contribution >= 0.6 is 0 Å². The molecular weight excluding hydrogens is 434 g/mol. The lowest BCUT2D eigenvalue weighted by atomic mass is 10.0. The van der Waals surface area contributed by atoms with E-state index in [-0.39, 0.29) is 18.6 Å². The third-order valence-electron chi connectivity index (χ3n) is 5.62. The van der Waals surface area contributed by atoms with Crippen molar-refractivity contribution < 1.29 is 14.4 Å². The fourth-order valence-electron chi connectivity index (χ4n) is 3.94. The van der Waals surface area contributed by atoms with Crippen LogP contribution in [0.15, 0.2) is 65.6 Å². The number of amides is 1. The zero-order chi connectivity index (χ0) is 23.7. The van der Waals surface area contributed by atoms with Gasteiger partial charge in [-0.15, -0.1) is 0 Å². The van der Waals surface area contributed by atoms with E-state index in [0.29, 0.717) is 40.0 Å². The predicted molar refractivity (Wildman–Crippen MR) is 125 cm³/mol. The van der Waals surface area contributed by atoms with Gasteiger partial charge in [0.15, 0.2) is 6.33 Å². The Morgan fingerprint density at radius 2 is 1.91 bits per heavy atom. The zero-order valence-electron chi connectivity index (χ0n) is 18.6. The minimum absolute atomic E-state index is 0.124. The van der Waals surface area contributed by atoms with Gasteiger partial charge in [0.25, 0.3) is 11.8 Å². The molecule has 0 saturated heterocycles. The molecule has 34 heavy (non-hydrogen) atoms. The highest BCUT2D eigenvalue weighted by Gasteiger charge is 2.36. The maximum Gasteiger partial charge on any atom is 0.261 e. The van der Waals surface area contributed by atoms with Crippen LogP contribution < -0.4 is 16.0 Å². The average molecular weight is 457 g/mol. The summed E-state index contributed by atoms with van der Waals surface area (Å²) in [5.41, 5.74) is 2.83. The number of hydrogen-bond donors (Lipinski definition) is 4. The lowest BCUT2D eigenvalue weighted by Gasteiger charge is -2.20. The predicted octanol–water partition coefficient (Wildman–Crippen LogP) is 3.39. The van der Waals surface area contributed by atoms with E-state index in [1.165, 1.54) is 6.33 Å². The Hall–Kier alpha value is -4.31. The van der Waals surface area contributed by atoms with Crippen LogP contribution in [0, 0.1) is 0 Å². The molecule has 4 heterocycles. The van der Waals surface area contributed by atoms with Gasteiger partial charge in [0.1, 0.15) is 11.6 Å². The van der Waals surface area contributed by atoms with Crippen LogP contribution in [-0.4, -0.2) is 37.7 Å². The van der Waals surface area contributed by atoms with Gasteiger partial charge < -0.3 is 25.6 Å². The molecule has 0 saturated carbocycles. The fraction of sp³-hybridized carbons (Fsp3) is 0.208. The largest absolute Gasteiger partial charge is 0.394 e. The molecule has 0 radical (unpaired) electrons. The van der Waals surface area contributed by atoms with Crippen molar-refractivity contribution in [2.45, 2.75) is 25.4 Å². The molecule has 0 fully saturated rings. The van der Waals surface area contributed by atoms with Gasteiger partial charge in [0.05, 0.1) is 40.7 Å². The second kappa shape index (κ2) is 8.56. The van der Waals surface area contributed by atoms with Crippen molar-refractivity contribution in [3.8, 4) is 11.5 Å². The summed E-state index contributed by atoms with van der Waals surface area (Å²) in [7, 11) is 0. The van der Waals surface area contributed by atoms with Gasteiger partial charge in [-0.3, -0.25) is 4.79 Å². The number of benzene rings is 1. The Morgan fingerprint density at radius 3 is 2.65 bits per heavy atom. The molecule has 1 aliphatic rings. The standard InChI is InChI=1S/C24H23N7O3/c1-24(2)21-15(22(33)31-24)8-9-19(30-21)29-20-10-17(16(11-25-20)23-26-13-27-34-23)28-18(12-32)14-6-4-3-5-7-14/h3-11,13,18,32H,12H2,1-2H3,(H,31,33)(H2,25,28,29,30)/t18-/m1/s1. The molecule has 0 bridgehead atoms. The maximum absolute atomic E-state index is 12.2. The van der Waals surface area contributed by atoms with E-state index in [4.69, 9.17) is 4.52 Å². The monoisotopic (exact) mass is 457 g/mol. The molecule has 10 heteroatoms.